The molecule has 0 spiro atoms. The highest BCUT2D eigenvalue weighted by atomic mass is 16.8. The lowest BCUT2D eigenvalue weighted by atomic mass is 9.70. The van der Waals surface area contributed by atoms with Gasteiger partial charge in [0.25, 0.3) is 0 Å². The zero-order valence-corrected chi connectivity index (χ0v) is 9.78. The van der Waals surface area contributed by atoms with Crippen molar-refractivity contribution in [2.45, 2.75) is 36.3 Å². The van der Waals surface area contributed by atoms with E-state index < -0.39 is 11.9 Å². The average Bonchev–Trinajstić information content (AvgIpc) is 2.92. The minimum Gasteiger partial charge on any atom is -0.389 e. The van der Waals surface area contributed by atoms with E-state index in [1.807, 2.05) is 6.08 Å². The summed E-state index contributed by atoms with van der Waals surface area (Å²) in [6, 6.07) is 0. The Balaban J connectivity index is 1.84. The number of aliphatic hydroxyl groups is 1. The van der Waals surface area contributed by atoms with Crippen LogP contribution in [0.3, 0.4) is 0 Å². The van der Waals surface area contributed by atoms with Gasteiger partial charge in [0, 0.05) is 26.1 Å². The summed E-state index contributed by atoms with van der Waals surface area (Å²) >= 11 is 0. The third-order valence-electron chi connectivity index (χ3n) is 4.73. The fourth-order valence-electron chi connectivity index (χ4n) is 4.14. The molecule has 5 nitrogen and oxygen atoms in total. The van der Waals surface area contributed by atoms with Crippen LogP contribution in [0.2, 0.25) is 0 Å². The Kier molecular flexibility index (Phi) is 1.91. The van der Waals surface area contributed by atoms with Crippen LogP contribution in [0.25, 0.3) is 0 Å². The molecular formula is C12H16O5. The minimum atomic E-state index is -0.792. The molecule has 3 aliphatic heterocycles. The molecule has 0 saturated carbocycles. The summed E-state index contributed by atoms with van der Waals surface area (Å²) < 4.78 is 23.1. The first-order valence-electron chi connectivity index (χ1n) is 6.00. The summed E-state index contributed by atoms with van der Waals surface area (Å²) in [7, 11) is 3.26. The van der Waals surface area contributed by atoms with E-state index in [1.54, 1.807) is 20.3 Å². The Morgan fingerprint density at radius 2 is 2.06 bits per heavy atom. The average molecular weight is 240 g/mol. The fraction of sp³-hybridized carbons (Fsp3) is 0.833. The first-order chi connectivity index (χ1) is 8.23. The van der Waals surface area contributed by atoms with Gasteiger partial charge in [-0.05, 0) is 0 Å². The Morgan fingerprint density at radius 3 is 2.76 bits per heavy atom. The molecule has 8 atom stereocenters. The van der Waals surface area contributed by atoms with Crippen molar-refractivity contribution in [2.24, 2.45) is 11.8 Å². The lowest BCUT2D eigenvalue weighted by Crippen LogP contribution is -2.56. The highest BCUT2D eigenvalue weighted by molar-refractivity contribution is 5.26. The third kappa shape index (κ3) is 0.958. The highest BCUT2D eigenvalue weighted by Crippen LogP contribution is 2.61. The summed E-state index contributed by atoms with van der Waals surface area (Å²) in [4.78, 5) is 0. The van der Waals surface area contributed by atoms with E-state index in [4.69, 9.17) is 18.9 Å². The molecule has 5 heteroatoms. The van der Waals surface area contributed by atoms with Gasteiger partial charge >= 0.3 is 0 Å². The van der Waals surface area contributed by atoms with Crippen LogP contribution in [0, 0.1) is 11.8 Å². The zero-order chi connectivity index (χ0) is 11.8. The number of aliphatic hydroxyl groups excluding tert-OH is 1. The van der Waals surface area contributed by atoms with E-state index >= 15 is 0 Å². The van der Waals surface area contributed by atoms with E-state index in [1.165, 1.54) is 0 Å². The Hall–Kier alpha value is -0.460. The van der Waals surface area contributed by atoms with Crippen molar-refractivity contribution in [3.05, 3.63) is 12.2 Å². The van der Waals surface area contributed by atoms with Crippen LogP contribution in [-0.4, -0.2) is 55.6 Å². The number of methoxy groups -OCH3 is 2. The van der Waals surface area contributed by atoms with Crippen LogP contribution >= 0.6 is 0 Å². The van der Waals surface area contributed by atoms with Gasteiger partial charge in [0.1, 0.15) is 12.2 Å². The van der Waals surface area contributed by atoms with Gasteiger partial charge in [-0.3, -0.25) is 0 Å². The normalized spacial score (nSPS) is 62.4. The lowest BCUT2D eigenvalue weighted by molar-refractivity contribution is -0.258. The van der Waals surface area contributed by atoms with Crippen molar-refractivity contribution < 1.29 is 24.1 Å². The second-order valence-electron chi connectivity index (χ2n) is 5.22. The van der Waals surface area contributed by atoms with Crippen LogP contribution in [0.1, 0.15) is 0 Å². The van der Waals surface area contributed by atoms with Crippen molar-refractivity contribution in [1.82, 2.24) is 0 Å². The lowest BCUT2D eigenvalue weighted by Gasteiger charge is -2.38. The fourth-order valence-corrected chi connectivity index (χ4v) is 4.14. The summed E-state index contributed by atoms with van der Waals surface area (Å²) in [5.74, 6) is -0.545. The molecule has 94 valence electrons. The molecule has 3 heterocycles. The van der Waals surface area contributed by atoms with E-state index in [0.717, 1.165) is 0 Å². The van der Waals surface area contributed by atoms with E-state index in [0.29, 0.717) is 0 Å². The smallest absolute Gasteiger partial charge is 0.225 e. The summed E-state index contributed by atoms with van der Waals surface area (Å²) in [5.41, 5.74) is 0. The van der Waals surface area contributed by atoms with Crippen molar-refractivity contribution in [2.75, 3.05) is 14.2 Å². The maximum Gasteiger partial charge on any atom is 0.225 e. The predicted molar refractivity (Wildman–Crippen MR) is 56.2 cm³/mol. The highest BCUT2D eigenvalue weighted by Gasteiger charge is 2.77. The monoisotopic (exact) mass is 240 g/mol. The second kappa shape index (κ2) is 3.10. The molecule has 0 amide bonds. The van der Waals surface area contributed by atoms with Gasteiger partial charge in [-0.25, -0.2) is 0 Å². The van der Waals surface area contributed by atoms with Gasteiger partial charge in [-0.15, -0.1) is 0 Å². The van der Waals surface area contributed by atoms with Gasteiger partial charge in [0.15, 0.2) is 0 Å². The molecule has 3 fully saturated rings. The molecule has 0 radical (unpaired) electrons. The maximum absolute atomic E-state index is 10.1. The predicted octanol–water partition coefficient (Wildman–Crippen LogP) is -0.313. The quantitative estimate of drug-likeness (QED) is 0.671. The molecule has 0 aromatic heterocycles. The van der Waals surface area contributed by atoms with Gasteiger partial charge < -0.3 is 24.1 Å². The summed E-state index contributed by atoms with van der Waals surface area (Å²) in [5, 5.41) is 10.1. The number of hydrogen-bond donors (Lipinski definition) is 1. The van der Waals surface area contributed by atoms with Crippen molar-refractivity contribution in [3.63, 3.8) is 0 Å². The van der Waals surface area contributed by atoms with Crippen LogP contribution in [0.15, 0.2) is 12.2 Å². The van der Waals surface area contributed by atoms with Gasteiger partial charge in [0.05, 0.1) is 18.3 Å². The first-order valence-corrected chi connectivity index (χ1v) is 6.00. The Labute approximate surface area is 99.3 Å². The largest absolute Gasteiger partial charge is 0.389 e. The van der Waals surface area contributed by atoms with Crippen LogP contribution in [-0.2, 0) is 18.9 Å². The molecule has 3 saturated heterocycles. The Bertz CT molecular complexity index is 383. The van der Waals surface area contributed by atoms with Crippen molar-refractivity contribution in [3.8, 4) is 0 Å². The van der Waals surface area contributed by atoms with E-state index in [9.17, 15) is 5.11 Å². The number of rotatable bonds is 2. The molecule has 0 aromatic carbocycles. The first kappa shape index (κ1) is 10.5. The van der Waals surface area contributed by atoms with Gasteiger partial charge in [-0.1, -0.05) is 12.2 Å². The molecule has 8 unspecified atom stereocenters. The van der Waals surface area contributed by atoms with Crippen LogP contribution in [0.5, 0.6) is 0 Å². The molecule has 17 heavy (non-hydrogen) atoms. The molecule has 1 aliphatic carbocycles. The van der Waals surface area contributed by atoms with Crippen LogP contribution in [0.4, 0.5) is 0 Å². The maximum atomic E-state index is 10.1. The molecule has 0 aromatic rings. The van der Waals surface area contributed by atoms with Crippen molar-refractivity contribution in [1.29, 1.82) is 0 Å². The zero-order valence-electron chi connectivity index (χ0n) is 9.78. The third-order valence-corrected chi connectivity index (χ3v) is 4.73. The van der Waals surface area contributed by atoms with E-state index in [2.05, 4.69) is 0 Å². The molecule has 4 rings (SSSR count). The number of hydrogen-bond acceptors (Lipinski definition) is 5. The molecule has 4 aliphatic rings. The molecule has 1 N–H and O–H groups in total. The summed E-state index contributed by atoms with van der Waals surface area (Å²) in [6.07, 6.45) is 2.69. The van der Waals surface area contributed by atoms with Gasteiger partial charge in [-0.2, -0.15) is 0 Å². The van der Waals surface area contributed by atoms with Gasteiger partial charge in [0.2, 0.25) is 5.79 Å². The molecule has 2 bridgehead atoms. The van der Waals surface area contributed by atoms with Crippen molar-refractivity contribution >= 4 is 0 Å². The Morgan fingerprint density at radius 1 is 1.24 bits per heavy atom. The topological polar surface area (TPSA) is 57.2 Å². The number of ether oxygens (including phenoxy) is 4. The molecular weight excluding hydrogens is 224 g/mol. The van der Waals surface area contributed by atoms with Crippen LogP contribution < -0.4 is 0 Å². The minimum absolute atomic E-state index is 0.0292. The standard InChI is InChI=1S/C12H16O5/c1-14-11-9-7-5(13)3-4-6-8(7)10(16-9)12(11,15-2)17-6/h3-11,13H,1-2H3. The number of fused-ring (bicyclic) bond motifs is 2. The SMILES string of the molecule is COC1C2OC3C4C(C=CC(O)C24)OC13OC. The second-order valence-corrected chi connectivity index (χ2v) is 5.22. The van der Waals surface area contributed by atoms with E-state index in [-0.39, 0.29) is 36.3 Å². The summed E-state index contributed by atoms with van der Waals surface area (Å²) in [6.45, 7) is 0.